The fourth-order valence-electron chi connectivity index (χ4n) is 1.72. The highest BCUT2D eigenvalue weighted by Crippen LogP contribution is 2.28. The van der Waals surface area contributed by atoms with Gasteiger partial charge in [-0.1, -0.05) is 41.9 Å². The number of nitrogens with zero attached hydrogens (tertiary/aromatic N) is 2. The fraction of sp³-hybridized carbons (Fsp3) is 0.0769. The summed E-state index contributed by atoms with van der Waals surface area (Å²) < 4.78 is 5.67. The van der Waals surface area contributed by atoms with E-state index in [2.05, 4.69) is 15.0 Å². The molecule has 0 aliphatic heterocycles. The third-order valence-corrected chi connectivity index (χ3v) is 2.82. The Morgan fingerprint density at radius 3 is 2.67 bits per heavy atom. The normalized spacial score (nSPS) is 10.8. The first-order valence-corrected chi connectivity index (χ1v) is 5.85. The summed E-state index contributed by atoms with van der Waals surface area (Å²) in [7, 11) is 0. The summed E-state index contributed by atoms with van der Waals surface area (Å²) >= 11 is 6.02. The minimum Gasteiger partial charge on any atom is -0.435 e. The van der Waals surface area contributed by atoms with Crippen LogP contribution in [0.5, 0.6) is 0 Å². The van der Waals surface area contributed by atoms with Crippen molar-refractivity contribution in [3.8, 4) is 22.9 Å². The van der Waals surface area contributed by atoms with Crippen LogP contribution in [0, 0.1) is 6.92 Å². The topological polar surface area (TPSA) is 54.7 Å². The summed E-state index contributed by atoms with van der Waals surface area (Å²) in [4.78, 5) is 11.4. The molecule has 3 aromatic rings. The maximum atomic E-state index is 6.02. The number of halogens is 1. The number of nitrogens with one attached hydrogen (secondary N) is 1. The molecule has 0 saturated carbocycles. The third-order valence-electron chi connectivity index (χ3n) is 2.54. The largest absolute Gasteiger partial charge is 0.435 e. The minimum absolute atomic E-state index is 0.420. The van der Waals surface area contributed by atoms with E-state index in [0.717, 1.165) is 11.4 Å². The molecule has 0 bridgehead atoms. The molecule has 3 rings (SSSR count). The van der Waals surface area contributed by atoms with E-state index in [1.807, 2.05) is 37.3 Å². The average molecular weight is 260 g/mol. The third kappa shape index (κ3) is 1.91. The lowest BCUT2D eigenvalue weighted by molar-refractivity contribution is 0.586. The molecule has 0 fully saturated rings. The van der Waals surface area contributed by atoms with Gasteiger partial charge in [-0.3, -0.25) is 0 Å². The molecule has 1 N–H and O–H groups in total. The molecule has 1 aromatic carbocycles. The molecule has 5 heteroatoms. The van der Waals surface area contributed by atoms with Gasteiger partial charge in [0, 0.05) is 5.56 Å². The van der Waals surface area contributed by atoms with Gasteiger partial charge in [0.15, 0.2) is 11.5 Å². The quantitative estimate of drug-likeness (QED) is 0.764. The zero-order chi connectivity index (χ0) is 12.5. The Labute approximate surface area is 109 Å². The van der Waals surface area contributed by atoms with Crippen LogP contribution in [0.25, 0.3) is 22.9 Å². The van der Waals surface area contributed by atoms with Crippen molar-refractivity contribution in [3.63, 3.8) is 0 Å². The molecule has 0 aliphatic carbocycles. The van der Waals surface area contributed by atoms with Gasteiger partial charge in [-0.2, -0.15) is 0 Å². The van der Waals surface area contributed by atoms with Crippen LogP contribution >= 0.6 is 11.6 Å². The van der Waals surface area contributed by atoms with Crippen molar-refractivity contribution < 1.29 is 4.42 Å². The summed E-state index contributed by atoms with van der Waals surface area (Å²) in [6.45, 7) is 1.83. The lowest BCUT2D eigenvalue weighted by Gasteiger charge is -1.94. The molecule has 4 nitrogen and oxygen atoms in total. The number of hydrogen-bond donors (Lipinski definition) is 1. The summed E-state index contributed by atoms with van der Waals surface area (Å²) in [5.74, 6) is 1.85. The SMILES string of the molecule is Cc1nc(-c2ncc(-c3ccccc3)o2)c(Cl)[nH]1. The Bertz CT molecular complexity index is 673. The first-order chi connectivity index (χ1) is 8.74. The van der Waals surface area contributed by atoms with Gasteiger partial charge >= 0.3 is 0 Å². The number of oxazole rings is 1. The van der Waals surface area contributed by atoms with Crippen LogP contribution in [0.3, 0.4) is 0 Å². The molecule has 0 spiro atoms. The van der Waals surface area contributed by atoms with Crippen LogP contribution in [0.15, 0.2) is 40.9 Å². The van der Waals surface area contributed by atoms with E-state index < -0.39 is 0 Å². The lowest BCUT2D eigenvalue weighted by Crippen LogP contribution is -1.77. The maximum Gasteiger partial charge on any atom is 0.248 e. The van der Waals surface area contributed by atoms with Crippen molar-refractivity contribution in [3.05, 3.63) is 47.5 Å². The molecule has 2 aromatic heterocycles. The Hall–Kier alpha value is -2.07. The molecule has 0 unspecified atom stereocenters. The second-order valence-electron chi connectivity index (χ2n) is 3.88. The van der Waals surface area contributed by atoms with Crippen LogP contribution in [0.2, 0.25) is 5.15 Å². The Morgan fingerprint density at radius 2 is 2.00 bits per heavy atom. The van der Waals surface area contributed by atoms with Crippen LogP contribution in [0.4, 0.5) is 0 Å². The number of imidazole rings is 1. The van der Waals surface area contributed by atoms with Crippen LogP contribution < -0.4 is 0 Å². The predicted octanol–water partition coefficient (Wildman–Crippen LogP) is 3.69. The average Bonchev–Trinajstić information content (AvgIpc) is 2.97. The first kappa shape index (κ1) is 11.0. The molecule has 90 valence electrons. The number of H-pyrrole nitrogens is 1. The zero-order valence-corrected chi connectivity index (χ0v) is 10.4. The van der Waals surface area contributed by atoms with Crippen LogP contribution in [0.1, 0.15) is 5.82 Å². The van der Waals surface area contributed by atoms with Gasteiger partial charge in [0.1, 0.15) is 11.0 Å². The number of aryl methyl sites for hydroxylation is 1. The van der Waals surface area contributed by atoms with Crippen molar-refractivity contribution in [2.45, 2.75) is 6.92 Å². The molecule has 2 heterocycles. The number of benzene rings is 1. The fourth-order valence-corrected chi connectivity index (χ4v) is 1.98. The first-order valence-electron chi connectivity index (χ1n) is 5.48. The predicted molar refractivity (Wildman–Crippen MR) is 69.3 cm³/mol. The van der Waals surface area contributed by atoms with E-state index in [4.69, 9.17) is 16.0 Å². The van der Waals surface area contributed by atoms with Crippen molar-refractivity contribution in [2.75, 3.05) is 0 Å². The van der Waals surface area contributed by atoms with Crippen molar-refractivity contribution in [2.24, 2.45) is 0 Å². The smallest absolute Gasteiger partial charge is 0.248 e. The van der Waals surface area contributed by atoms with Gasteiger partial charge in [0.05, 0.1) is 6.20 Å². The highest BCUT2D eigenvalue weighted by molar-refractivity contribution is 6.31. The molecule has 0 amide bonds. The zero-order valence-electron chi connectivity index (χ0n) is 9.64. The van der Waals surface area contributed by atoms with E-state index in [-0.39, 0.29) is 0 Å². The Kier molecular flexibility index (Phi) is 2.64. The minimum atomic E-state index is 0.420. The molecular formula is C13H10ClN3O. The van der Waals surface area contributed by atoms with Crippen molar-refractivity contribution >= 4 is 11.6 Å². The molecule has 0 saturated heterocycles. The summed E-state index contributed by atoms with van der Waals surface area (Å²) in [6, 6.07) is 9.77. The van der Waals surface area contributed by atoms with Gasteiger partial charge < -0.3 is 9.40 Å². The number of hydrogen-bond acceptors (Lipinski definition) is 3. The van der Waals surface area contributed by atoms with Gasteiger partial charge in [0.25, 0.3) is 0 Å². The van der Waals surface area contributed by atoms with Crippen molar-refractivity contribution in [1.29, 1.82) is 0 Å². The standard InChI is InChI=1S/C13H10ClN3O/c1-8-16-11(12(14)17-8)13-15-7-10(18-13)9-5-3-2-4-6-9/h2-7H,1H3,(H,16,17). The van der Waals surface area contributed by atoms with E-state index in [1.165, 1.54) is 0 Å². The van der Waals surface area contributed by atoms with Gasteiger partial charge in [-0.25, -0.2) is 9.97 Å². The van der Waals surface area contributed by atoms with Gasteiger partial charge in [-0.05, 0) is 6.92 Å². The van der Waals surface area contributed by atoms with E-state index in [9.17, 15) is 0 Å². The lowest BCUT2D eigenvalue weighted by atomic mass is 10.2. The Morgan fingerprint density at radius 1 is 1.22 bits per heavy atom. The number of aromatic amines is 1. The van der Waals surface area contributed by atoms with E-state index in [0.29, 0.717) is 22.5 Å². The molecule has 0 aliphatic rings. The molecule has 18 heavy (non-hydrogen) atoms. The second-order valence-corrected chi connectivity index (χ2v) is 4.26. The molecule has 0 atom stereocenters. The van der Waals surface area contributed by atoms with Gasteiger partial charge in [-0.15, -0.1) is 0 Å². The van der Waals surface area contributed by atoms with Gasteiger partial charge in [0.2, 0.25) is 5.89 Å². The number of rotatable bonds is 2. The molecular weight excluding hydrogens is 250 g/mol. The maximum absolute atomic E-state index is 6.02. The Balaban J connectivity index is 2.02. The monoisotopic (exact) mass is 259 g/mol. The van der Waals surface area contributed by atoms with Crippen molar-refractivity contribution in [1.82, 2.24) is 15.0 Å². The van der Waals surface area contributed by atoms with Crippen LogP contribution in [-0.4, -0.2) is 15.0 Å². The highest BCUT2D eigenvalue weighted by Gasteiger charge is 2.15. The van der Waals surface area contributed by atoms with E-state index >= 15 is 0 Å². The molecule has 0 radical (unpaired) electrons. The summed E-state index contributed by atoms with van der Waals surface area (Å²) in [5, 5.41) is 0.439. The second kappa shape index (κ2) is 4.31. The van der Waals surface area contributed by atoms with Crippen LogP contribution in [-0.2, 0) is 0 Å². The number of aromatic nitrogens is 3. The highest BCUT2D eigenvalue weighted by atomic mass is 35.5. The van der Waals surface area contributed by atoms with E-state index in [1.54, 1.807) is 6.20 Å². The summed E-state index contributed by atoms with van der Waals surface area (Å²) in [5.41, 5.74) is 1.51. The summed E-state index contributed by atoms with van der Waals surface area (Å²) in [6.07, 6.45) is 1.67.